The first kappa shape index (κ1) is 20.4. The van der Waals surface area contributed by atoms with Crippen molar-refractivity contribution in [3.05, 3.63) is 41.7 Å². The molecule has 0 aliphatic carbocycles. The molecule has 2 fully saturated rings. The largest absolute Gasteiger partial charge is 0.376 e. The summed E-state index contributed by atoms with van der Waals surface area (Å²) in [5.74, 6) is 1.60. The van der Waals surface area contributed by atoms with E-state index >= 15 is 0 Å². The van der Waals surface area contributed by atoms with E-state index in [9.17, 15) is 0 Å². The molecule has 3 heterocycles. The molecule has 2 aliphatic rings. The quantitative estimate of drug-likeness (QED) is 0.681. The number of hydrogen-bond acceptors (Lipinski definition) is 6. The number of piperazine rings is 1. The minimum absolute atomic E-state index is 0.250. The van der Waals surface area contributed by atoms with E-state index in [4.69, 9.17) is 4.74 Å². The number of ether oxygens (including phenoxy) is 1. The Morgan fingerprint density at radius 3 is 2.59 bits per heavy atom. The van der Waals surface area contributed by atoms with Gasteiger partial charge in [-0.3, -0.25) is 9.80 Å². The van der Waals surface area contributed by atoms with E-state index in [0.29, 0.717) is 5.92 Å². The third-order valence-corrected chi connectivity index (χ3v) is 6.05. The molecule has 0 spiro atoms. The molecule has 4 rings (SSSR count). The Bertz CT molecular complexity index is 735. The van der Waals surface area contributed by atoms with Crippen molar-refractivity contribution in [2.24, 2.45) is 5.92 Å². The van der Waals surface area contributed by atoms with Gasteiger partial charge in [0.15, 0.2) is 5.82 Å². The van der Waals surface area contributed by atoms with Crippen LogP contribution in [-0.2, 0) is 17.8 Å². The maximum atomic E-state index is 5.82. The Morgan fingerprint density at radius 1 is 1.10 bits per heavy atom. The highest BCUT2D eigenvalue weighted by Gasteiger charge is 2.30. The van der Waals surface area contributed by atoms with Gasteiger partial charge in [0.25, 0.3) is 0 Å². The van der Waals surface area contributed by atoms with Crippen molar-refractivity contribution in [3.8, 4) is 0 Å². The Morgan fingerprint density at radius 2 is 1.90 bits per heavy atom. The second-order valence-corrected chi connectivity index (χ2v) is 8.80. The normalized spacial score (nSPS) is 22.4. The summed E-state index contributed by atoms with van der Waals surface area (Å²) in [7, 11) is 0. The van der Waals surface area contributed by atoms with Crippen molar-refractivity contribution in [1.29, 1.82) is 0 Å². The van der Waals surface area contributed by atoms with Crippen LogP contribution >= 0.6 is 0 Å². The van der Waals surface area contributed by atoms with Crippen molar-refractivity contribution in [2.45, 2.75) is 58.3 Å². The monoisotopic (exact) mass is 398 g/mol. The summed E-state index contributed by atoms with van der Waals surface area (Å²) < 4.78 is 7.82. The van der Waals surface area contributed by atoms with Gasteiger partial charge in [0.1, 0.15) is 0 Å². The molecule has 0 N–H and O–H groups in total. The van der Waals surface area contributed by atoms with E-state index in [0.717, 1.165) is 71.0 Å². The van der Waals surface area contributed by atoms with Crippen LogP contribution in [0.3, 0.4) is 0 Å². The van der Waals surface area contributed by atoms with Crippen molar-refractivity contribution in [2.75, 3.05) is 32.8 Å². The highest BCUT2D eigenvalue weighted by molar-refractivity contribution is 5.14. The molecule has 2 aromatic rings. The van der Waals surface area contributed by atoms with Gasteiger partial charge in [-0.1, -0.05) is 44.2 Å². The van der Waals surface area contributed by atoms with Gasteiger partial charge in [-0.2, -0.15) is 0 Å². The predicted octanol–water partition coefficient (Wildman–Crippen LogP) is 2.76. The van der Waals surface area contributed by atoms with Crippen molar-refractivity contribution < 1.29 is 4.74 Å². The number of nitrogens with zero attached hydrogens (tertiary/aromatic N) is 6. The lowest BCUT2D eigenvalue weighted by molar-refractivity contribution is 0.0697. The molecule has 29 heavy (non-hydrogen) atoms. The summed E-state index contributed by atoms with van der Waals surface area (Å²) in [6.45, 7) is 11.5. The standard InChI is InChI=1S/C22H34N6O/c1-18(2)15-21(22-23-24-25-28(22)17-20-9-6-14-29-20)27-12-10-26(11-13-27)16-19-7-4-3-5-8-19/h3-5,7-8,18,20-21H,6,9-17H2,1-2H3/t20-,21-/m0/s1. The third kappa shape index (κ3) is 5.41. The summed E-state index contributed by atoms with van der Waals surface area (Å²) in [6.07, 6.45) is 3.57. The molecular weight excluding hydrogens is 364 g/mol. The summed E-state index contributed by atoms with van der Waals surface area (Å²) >= 11 is 0. The lowest BCUT2D eigenvalue weighted by Gasteiger charge is -2.39. The van der Waals surface area contributed by atoms with E-state index in [2.05, 4.69) is 69.5 Å². The molecule has 2 aliphatic heterocycles. The summed E-state index contributed by atoms with van der Waals surface area (Å²) in [5, 5.41) is 12.8. The van der Waals surface area contributed by atoms with Crippen molar-refractivity contribution in [1.82, 2.24) is 30.0 Å². The number of tetrazole rings is 1. The van der Waals surface area contributed by atoms with Crippen LogP contribution in [0.1, 0.15) is 50.5 Å². The lowest BCUT2D eigenvalue weighted by atomic mass is 10.0. The lowest BCUT2D eigenvalue weighted by Crippen LogP contribution is -2.48. The molecule has 7 nitrogen and oxygen atoms in total. The predicted molar refractivity (Wildman–Crippen MR) is 112 cm³/mol. The van der Waals surface area contributed by atoms with E-state index in [1.54, 1.807) is 0 Å². The fraction of sp³-hybridized carbons (Fsp3) is 0.682. The highest BCUT2D eigenvalue weighted by atomic mass is 16.5. The summed E-state index contributed by atoms with van der Waals surface area (Å²) in [5.41, 5.74) is 1.39. The summed E-state index contributed by atoms with van der Waals surface area (Å²) in [6, 6.07) is 11.0. The van der Waals surface area contributed by atoms with Crippen LogP contribution in [0.25, 0.3) is 0 Å². The first-order chi connectivity index (χ1) is 14.2. The first-order valence-corrected chi connectivity index (χ1v) is 11.1. The van der Waals surface area contributed by atoms with Crippen molar-refractivity contribution in [3.63, 3.8) is 0 Å². The average Bonchev–Trinajstić information content (AvgIpc) is 3.40. The van der Waals surface area contributed by atoms with E-state index in [1.807, 2.05) is 4.68 Å². The zero-order valence-electron chi connectivity index (χ0n) is 17.8. The van der Waals surface area contributed by atoms with Crippen molar-refractivity contribution >= 4 is 0 Å². The van der Waals surface area contributed by atoms with Gasteiger partial charge in [0, 0.05) is 39.3 Å². The Labute approximate surface area is 174 Å². The van der Waals surface area contributed by atoms with Gasteiger partial charge in [0.2, 0.25) is 0 Å². The molecule has 0 radical (unpaired) electrons. The zero-order valence-corrected chi connectivity index (χ0v) is 17.8. The van der Waals surface area contributed by atoms with Gasteiger partial charge in [0.05, 0.1) is 18.7 Å². The number of benzene rings is 1. The maximum absolute atomic E-state index is 5.82. The number of aromatic nitrogens is 4. The number of rotatable bonds is 8. The van der Waals surface area contributed by atoms with Gasteiger partial charge >= 0.3 is 0 Å². The van der Waals surface area contributed by atoms with Crippen LogP contribution < -0.4 is 0 Å². The molecule has 2 saturated heterocycles. The number of hydrogen-bond donors (Lipinski definition) is 0. The van der Waals surface area contributed by atoms with Gasteiger partial charge in [-0.05, 0) is 41.2 Å². The summed E-state index contributed by atoms with van der Waals surface area (Å²) in [4.78, 5) is 5.13. The minimum Gasteiger partial charge on any atom is -0.376 e. The fourth-order valence-corrected chi connectivity index (χ4v) is 4.50. The second-order valence-electron chi connectivity index (χ2n) is 8.80. The van der Waals surface area contributed by atoms with E-state index < -0.39 is 0 Å². The second kappa shape index (κ2) is 9.78. The molecule has 1 aromatic heterocycles. The van der Waals surface area contributed by atoms with Crippen LogP contribution in [0.5, 0.6) is 0 Å². The van der Waals surface area contributed by atoms with Crippen LogP contribution in [0, 0.1) is 5.92 Å². The topological polar surface area (TPSA) is 59.3 Å². The van der Waals surface area contributed by atoms with Crippen LogP contribution in [0.4, 0.5) is 0 Å². The van der Waals surface area contributed by atoms with Crippen LogP contribution in [-0.4, -0.2) is 68.9 Å². The molecule has 1 aromatic carbocycles. The molecule has 0 bridgehead atoms. The molecule has 0 amide bonds. The molecule has 158 valence electrons. The smallest absolute Gasteiger partial charge is 0.168 e. The molecule has 7 heteroatoms. The first-order valence-electron chi connectivity index (χ1n) is 11.1. The third-order valence-electron chi connectivity index (χ3n) is 6.05. The fourth-order valence-electron chi connectivity index (χ4n) is 4.50. The molecular formula is C22H34N6O. The Balaban J connectivity index is 1.41. The maximum Gasteiger partial charge on any atom is 0.168 e. The van der Waals surface area contributed by atoms with Crippen LogP contribution in [0.2, 0.25) is 0 Å². The van der Waals surface area contributed by atoms with E-state index in [-0.39, 0.29) is 12.1 Å². The molecule has 2 atom stereocenters. The SMILES string of the molecule is CC(C)C[C@@H](c1nnnn1C[C@@H]1CCCO1)N1CCN(Cc2ccccc2)CC1. The van der Waals surface area contributed by atoms with Gasteiger partial charge in [-0.15, -0.1) is 5.10 Å². The Hall–Kier alpha value is -1.83. The highest BCUT2D eigenvalue weighted by Crippen LogP contribution is 2.28. The Kier molecular flexibility index (Phi) is 6.90. The molecule has 0 saturated carbocycles. The molecule has 0 unspecified atom stereocenters. The average molecular weight is 399 g/mol. The van der Waals surface area contributed by atoms with E-state index in [1.165, 1.54) is 5.56 Å². The minimum atomic E-state index is 0.250. The van der Waals surface area contributed by atoms with Crippen LogP contribution in [0.15, 0.2) is 30.3 Å². The zero-order chi connectivity index (χ0) is 20.1. The van der Waals surface area contributed by atoms with Gasteiger partial charge in [-0.25, -0.2) is 4.68 Å². The van der Waals surface area contributed by atoms with Gasteiger partial charge < -0.3 is 4.74 Å².